The standard InChI is InChI=1S/C36H42N4O8.C36H34N4O8.C14H13IN2O3.C8H10O2/c2*1-37-31(41)15-13-29(35(37)45)39-21-27-23(7-3-11-25(27)33(39)43)9-5-17-47-19-20-48-18-6-10-24-8-4-12-26-28(24)22-40(34(26)44)30-14-16-32(42)38(2)36(30)46;1-16-12(18)6-5-11(14(16)20)17-7-9-8(13(17)19)3-2-4-10(9)15;1-3-5-9-7-8-10-6-4-2/h3-4,7-8,11-12,29-30H,5-6,9-10,13-22H2,1-2H3;3-4,7-8,11-12,29-30H,13-22H2,1-2H3;2-4,11H,5-7H2,1H3;1-2H,5-8H2. The van der Waals surface area contributed by atoms with Gasteiger partial charge in [0.2, 0.25) is 29.5 Å². The van der Waals surface area contributed by atoms with Gasteiger partial charge in [-0.15, -0.1) is 12.8 Å². The van der Waals surface area contributed by atoms with Gasteiger partial charge in [-0.2, -0.15) is 0 Å². The number of terminal acetylenes is 2. The van der Waals surface area contributed by atoms with Gasteiger partial charge in [0.25, 0.3) is 59.1 Å². The van der Waals surface area contributed by atoms with Gasteiger partial charge in [0.05, 0.1) is 39.6 Å². The second kappa shape index (κ2) is 43.2. The molecule has 0 aliphatic carbocycles. The molecule has 5 aromatic rings. The van der Waals surface area contributed by atoms with Crippen LogP contribution in [0.2, 0.25) is 0 Å². The highest BCUT2D eigenvalue weighted by atomic mass is 127. The van der Waals surface area contributed by atoms with Crippen molar-refractivity contribution in [3.8, 4) is 48.4 Å². The van der Waals surface area contributed by atoms with Crippen LogP contribution in [0.1, 0.15) is 179 Å². The summed E-state index contributed by atoms with van der Waals surface area (Å²) in [4.78, 5) is 200. The highest BCUT2D eigenvalue weighted by Crippen LogP contribution is 2.38. The molecule has 31 nitrogen and oxygen atoms in total. The number of amides is 15. The Bertz CT molecular complexity index is 5110. The Morgan fingerprint density at radius 3 is 0.873 bits per heavy atom. The lowest BCUT2D eigenvalue weighted by Crippen LogP contribution is -2.53. The first-order valence-corrected chi connectivity index (χ1v) is 42.9. The summed E-state index contributed by atoms with van der Waals surface area (Å²) < 4.78 is 33.6. The second-order valence-electron chi connectivity index (χ2n) is 31.4. The topological polar surface area (TPSA) is 344 Å². The van der Waals surface area contributed by atoms with Gasteiger partial charge < -0.3 is 52.9 Å². The first-order valence-electron chi connectivity index (χ1n) is 41.9. The molecule has 0 bridgehead atoms. The van der Waals surface area contributed by atoms with Crippen LogP contribution in [0.3, 0.4) is 0 Å². The minimum Gasteiger partial charge on any atom is -0.379 e. The molecular weight excluding hydrogens is 1730 g/mol. The number of ether oxygens (including phenoxy) is 6. The number of carbonyl (C=O) groups is 15. The van der Waals surface area contributed by atoms with Crippen molar-refractivity contribution in [1.82, 2.24) is 49.0 Å². The SMILES string of the molecule is C#CCOCCOCC#C.CN1C(=O)CCC(N2Cc3c(C#CCOCCOCC#Cc4cccc5c4CN(C4CCC(=O)N(C)C4=O)C5=O)cccc3C2=O)C1=O.CN1C(=O)CCC(N2Cc3c(CCCOCCOCCCc4cccc5c4CN(C4CCC(=O)N(C)C4=O)C5=O)cccc3C2=O)C1=O.CN1C(=O)CCC(N2Cc3c(I)cccc3C2=O)C1=O. The van der Waals surface area contributed by atoms with Crippen LogP contribution in [-0.4, -0.2) is 282 Å². The summed E-state index contributed by atoms with van der Waals surface area (Å²) in [6.45, 7) is 6.30. The summed E-state index contributed by atoms with van der Waals surface area (Å²) >= 11 is 2.20. The normalized spacial score (nSPS) is 20.1. The first-order chi connectivity index (χ1) is 60.8. The fourth-order valence-electron chi connectivity index (χ4n) is 16.8. The second-order valence-corrected chi connectivity index (χ2v) is 32.5. The summed E-state index contributed by atoms with van der Waals surface area (Å²) in [5.41, 5.74) is 10.9. The first kappa shape index (κ1) is 93.0. The van der Waals surface area contributed by atoms with Gasteiger partial charge in [0.1, 0.15) is 56.6 Å². The summed E-state index contributed by atoms with van der Waals surface area (Å²) in [7, 11) is 7.32. The molecule has 658 valence electrons. The number of piperidine rings is 5. The van der Waals surface area contributed by atoms with E-state index in [1.165, 1.54) is 45.0 Å². The number of nitrogens with zero attached hydrogens (tertiary/aromatic N) is 10. The molecule has 5 fully saturated rings. The van der Waals surface area contributed by atoms with Gasteiger partial charge >= 0.3 is 0 Å². The number of rotatable bonds is 26. The van der Waals surface area contributed by atoms with Crippen LogP contribution in [0.15, 0.2) is 91.0 Å². The molecule has 10 aliphatic rings. The number of fused-ring (bicyclic) bond motifs is 5. The Balaban J connectivity index is 0.000000173. The molecule has 10 aliphatic heterocycles. The predicted octanol–water partition coefficient (Wildman–Crippen LogP) is 5.50. The number of aryl methyl sites for hydroxylation is 2. The van der Waals surface area contributed by atoms with Gasteiger partial charge in [0, 0.05) is 156 Å². The van der Waals surface area contributed by atoms with E-state index >= 15 is 0 Å². The van der Waals surface area contributed by atoms with Gasteiger partial charge in [-0.25, -0.2) is 0 Å². The molecule has 0 spiro atoms. The number of hydrogen-bond acceptors (Lipinski definition) is 21. The molecule has 10 heterocycles. The zero-order valence-electron chi connectivity index (χ0n) is 71.0. The van der Waals surface area contributed by atoms with E-state index in [9.17, 15) is 71.9 Å². The predicted molar refractivity (Wildman–Crippen MR) is 461 cm³/mol. The number of carbonyl (C=O) groups excluding carboxylic acids is 15. The van der Waals surface area contributed by atoms with E-state index in [-0.39, 0.29) is 141 Å². The maximum absolute atomic E-state index is 13.1. The summed E-state index contributed by atoms with van der Waals surface area (Å²) in [6, 6.07) is 24.5. The maximum atomic E-state index is 13.1. The van der Waals surface area contributed by atoms with Crippen LogP contribution in [0.5, 0.6) is 0 Å². The number of imide groups is 5. The molecule has 5 aromatic carbocycles. The van der Waals surface area contributed by atoms with Crippen molar-refractivity contribution in [2.24, 2.45) is 0 Å². The van der Waals surface area contributed by atoms with Gasteiger partial charge in [0.15, 0.2) is 0 Å². The molecule has 0 saturated carbocycles. The Labute approximate surface area is 744 Å². The number of hydrogen-bond donors (Lipinski definition) is 0. The summed E-state index contributed by atoms with van der Waals surface area (Å²) in [6.07, 6.45) is 15.9. The van der Waals surface area contributed by atoms with Crippen LogP contribution in [-0.2, 0) is 122 Å². The average Bonchev–Trinajstić information content (AvgIpc) is 1.61. The molecule has 15 amide bonds. The molecule has 5 unspecified atom stereocenters. The Hall–Kier alpha value is -12.1. The van der Waals surface area contributed by atoms with Crippen molar-refractivity contribution in [2.75, 3.05) is 115 Å². The van der Waals surface area contributed by atoms with E-state index in [1.54, 1.807) is 57.2 Å². The lowest BCUT2D eigenvalue weighted by molar-refractivity contribution is -0.151. The zero-order chi connectivity index (χ0) is 90.0. The lowest BCUT2D eigenvalue weighted by Gasteiger charge is -2.33. The minimum atomic E-state index is -0.667. The van der Waals surface area contributed by atoms with E-state index in [1.807, 2.05) is 48.5 Å². The molecule has 126 heavy (non-hydrogen) atoms. The highest BCUT2D eigenvalue weighted by Gasteiger charge is 2.48. The average molecular weight is 1830 g/mol. The van der Waals surface area contributed by atoms with Crippen molar-refractivity contribution in [2.45, 2.75) is 153 Å². The monoisotopic (exact) mass is 1830 g/mol. The van der Waals surface area contributed by atoms with Gasteiger partial charge in [-0.1, -0.05) is 78.0 Å². The van der Waals surface area contributed by atoms with E-state index in [2.05, 4.69) is 58.1 Å². The number of halogens is 1. The summed E-state index contributed by atoms with van der Waals surface area (Å²) in [5, 5.41) is 0. The van der Waals surface area contributed by atoms with Crippen LogP contribution in [0.25, 0.3) is 0 Å². The smallest absolute Gasteiger partial charge is 0.255 e. The molecule has 32 heteroatoms. The molecule has 5 saturated heterocycles. The number of likely N-dealkylation sites (N-methyl/N-ethyl adjacent to an activating group) is 5. The van der Waals surface area contributed by atoms with Crippen molar-refractivity contribution in [1.29, 1.82) is 0 Å². The molecule has 15 rings (SSSR count). The maximum Gasteiger partial charge on any atom is 0.255 e. The fourth-order valence-corrected chi connectivity index (χ4v) is 17.5. The third kappa shape index (κ3) is 21.0. The highest BCUT2D eigenvalue weighted by molar-refractivity contribution is 14.1. The zero-order valence-corrected chi connectivity index (χ0v) is 73.2. The molecule has 0 N–H and O–H groups in total. The molecule has 5 atom stereocenters. The largest absolute Gasteiger partial charge is 0.379 e. The Morgan fingerprint density at radius 2 is 0.571 bits per heavy atom. The van der Waals surface area contributed by atoms with Crippen molar-refractivity contribution in [3.05, 3.63) is 172 Å². The van der Waals surface area contributed by atoms with Crippen molar-refractivity contribution < 1.29 is 100 Å². The Kier molecular flexibility index (Phi) is 31.9. The van der Waals surface area contributed by atoms with Crippen LogP contribution in [0, 0.1) is 51.9 Å². The van der Waals surface area contributed by atoms with Gasteiger partial charge in [-0.3, -0.25) is 96.4 Å². The molecular formula is C94H99IN10O21. The van der Waals surface area contributed by atoms with Gasteiger partial charge in [-0.05, 0) is 168 Å². The summed E-state index contributed by atoms with van der Waals surface area (Å²) in [5.74, 6) is 13.1. The van der Waals surface area contributed by atoms with Crippen molar-refractivity contribution in [3.63, 3.8) is 0 Å². The van der Waals surface area contributed by atoms with Crippen LogP contribution < -0.4 is 0 Å². The molecule has 0 radical (unpaired) electrons. The van der Waals surface area contributed by atoms with E-state index in [4.69, 9.17) is 41.3 Å². The minimum absolute atomic E-state index is 0.111. The molecule has 0 aromatic heterocycles. The van der Waals surface area contributed by atoms with Crippen molar-refractivity contribution >= 4 is 111 Å². The fraction of sp³-hybridized carbons (Fsp3) is 0.436. The Morgan fingerprint density at radius 1 is 0.317 bits per heavy atom. The quantitative estimate of drug-likeness (QED) is 0.0285. The third-order valence-corrected chi connectivity index (χ3v) is 24.9. The van der Waals surface area contributed by atoms with Crippen LogP contribution >= 0.6 is 22.6 Å². The number of benzene rings is 5. The van der Waals surface area contributed by atoms with Crippen LogP contribution in [0.4, 0.5) is 0 Å². The van der Waals surface area contributed by atoms with E-state index < -0.39 is 30.2 Å². The van der Waals surface area contributed by atoms with E-state index in [0.717, 1.165) is 92.7 Å². The van der Waals surface area contributed by atoms with E-state index in [0.29, 0.717) is 163 Å². The third-order valence-electron chi connectivity index (χ3n) is 23.9. The number of likely N-dealkylation sites (tertiary alicyclic amines) is 5. The lowest BCUT2D eigenvalue weighted by atomic mass is 10.00.